The molecule has 2 aromatic heterocycles. The van der Waals surface area contributed by atoms with Gasteiger partial charge in [0.25, 0.3) is 5.91 Å². The van der Waals surface area contributed by atoms with Crippen LogP contribution in [0.25, 0.3) is 0 Å². The van der Waals surface area contributed by atoms with Crippen LogP contribution in [0.1, 0.15) is 56.1 Å². The monoisotopic (exact) mass is 487 g/mol. The first-order valence-electron chi connectivity index (χ1n) is 12.6. The van der Waals surface area contributed by atoms with E-state index in [9.17, 15) is 4.79 Å². The molecule has 0 radical (unpaired) electrons. The van der Waals surface area contributed by atoms with Gasteiger partial charge >= 0.3 is 0 Å². The second kappa shape index (κ2) is 10.7. The molecule has 0 aliphatic carbocycles. The second-order valence-electron chi connectivity index (χ2n) is 10.8. The fourth-order valence-electron chi connectivity index (χ4n) is 4.38. The Morgan fingerprint density at radius 2 is 1.83 bits per heavy atom. The van der Waals surface area contributed by atoms with Crippen molar-refractivity contribution in [1.82, 2.24) is 14.9 Å². The zero-order valence-electron chi connectivity index (χ0n) is 21.9. The molecule has 1 aliphatic rings. The molecule has 0 atom stereocenters. The number of rotatable bonds is 9. The van der Waals surface area contributed by atoms with Gasteiger partial charge in [-0.1, -0.05) is 32.9 Å². The van der Waals surface area contributed by atoms with E-state index in [1.165, 1.54) is 5.56 Å². The molecule has 1 aliphatic heterocycles. The highest BCUT2D eigenvalue weighted by atomic mass is 16.5. The number of hydrogen-bond acceptors (Lipinski definition) is 6. The minimum Gasteiger partial charge on any atom is -0.477 e. The number of aromatic nitrogens is 2. The van der Waals surface area contributed by atoms with Crippen LogP contribution >= 0.6 is 0 Å². The molecule has 3 aromatic rings. The van der Waals surface area contributed by atoms with Crippen LogP contribution in [0.4, 0.5) is 11.5 Å². The van der Waals surface area contributed by atoms with Gasteiger partial charge in [0, 0.05) is 55.7 Å². The molecule has 3 heterocycles. The third-order valence-corrected chi connectivity index (χ3v) is 6.68. The van der Waals surface area contributed by atoms with E-state index in [0.29, 0.717) is 42.4 Å². The van der Waals surface area contributed by atoms with Crippen LogP contribution in [0.5, 0.6) is 5.88 Å². The van der Waals surface area contributed by atoms with Gasteiger partial charge in [0.2, 0.25) is 5.88 Å². The molecule has 0 bridgehead atoms. The van der Waals surface area contributed by atoms with Crippen molar-refractivity contribution in [2.75, 3.05) is 24.6 Å². The van der Waals surface area contributed by atoms with Crippen molar-refractivity contribution in [2.24, 2.45) is 11.7 Å². The van der Waals surface area contributed by atoms with Gasteiger partial charge in [-0.15, -0.1) is 0 Å². The average Bonchev–Trinajstić information content (AvgIpc) is 2.81. The normalized spacial score (nSPS) is 14.5. The average molecular weight is 488 g/mol. The molecule has 0 saturated carbocycles. The van der Waals surface area contributed by atoms with Crippen molar-refractivity contribution in [3.05, 3.63) is 77.6 Å². The van der Waals surface area contributed by atoms with Crippen molar-refractivity contribution in [2.45, 2.75) is 52.6 Å². The number of nitrogens with two attached hydrogens (primary N) is 1. The van der Waals surface area contributed by atoms with Gasteiger partial charge in [-0.2, -0.15) is 0 Å². The number of nitrogens with zero attached hydrogens (tertiary/aromatic N) is 4. The van der Waals surface area contributed by atoms with E-state index in [1.807, 2.05) is 17.0 Å². The fourth-order valence-corrected chi connectivity index (χ4v) is 4.38. The first kappa shape index (κ1) is 25.6. The maximum Gasteiger partial charge on any atom is 0.252 e. The lowest BCUT2D eigenvalue weighted by Crippen LogP contribution is -2.52. The number of hydrogen-bond donors (Lipinski definition) is 1. The molecule has 1 fully saturated rings. The van der Waals surface area contributed by atoms with Crippen molar-refractivity contribution < 1.29 is 9.53 Å². The van der Waals surface area contributed by atoms with E-state index >= 15 is 0 Å². The molecular formula is C29H37N5O2. The molecule has 0 unspecified atom stereocenters. The standard InChI is InChI=1S/C29H37N5O2/c1-20(2)33-16-22(17-33)19-36-26-15-21(12-14-31-26)18-34(28-25(27(30)35)7-6-13-32-28)24-10-8-23(9-11-24)29(3,4)5/h6-15,20,22H,16-19H2,1-5H3,(H2,30,35). The fraction of sp³-hybridized carbons (Fsp3) is 0.414. The van der Waals surface area contributed by atoms with Crippen molar-refractivity contribution in [1.29, 1.82) is 0 Å². The van der Waals surface area contributed by atoms with Gasteiger partial charge in [-0.25, -0.2) is 9.97 Å². The predicted octanol–water partition coefficient (Wildman–Crippen LogP) is 4.93. The summed E-state index contributed by atoms with van der Waals surface area (Å²) < 4.78 is 6.04. The van der Waals surface area contributed by atoms with Crippen LogP contribution in [-0.4, -0.2) is 46.5 Å². The summed E-state index contributed by atoms with van der Waals surface area (Å²) in [7, 11) is 0. The molecule has 1 saturated heterocycles. The highest BCUT2D eigenvalue weighted by molar-refractivity contribution is 5.98. The predicted molar refractivity (Wildman–Crippen MR) is 144 cm³/mol. The first-order valence-corrected chi connectivity index (χ1v) is 12.6. The maximum atomic E-state index is 12.2. The Balaban J connectivity index is 1.57. The molecule has 7 nitrogen and oxygen atoms in total. The number of benzene rings is 1. The zero-order valence-corrected chi connectivity index (χ0v) is 21.9. The van der Waals surface area contributed by atoms with Gasteiger partial charge in [0.1, 0.15) is 5.82 Å². The molecule has 190 valence electrons. The van der Waals surface area contributed by atoms with Crippen LogP contribution < -0.4 is 15.4 Å². The number of ether oxygens (including phenoxy) is 1. The van der Waals surface area contributed by atoms with E-state index in [4.69, 9.17) is 10.5 Å². The molecule has 1 aromatic carbocycles. The van der Waals surface area contributed by atoms with E-state index < -0.39 is 5.91 Å². The third-order valence-electron chi connectivity index (χ3n) is 6.68. The highest BCUT2D eigenvalue weighted by Crippen LogP contribution is 2.31. The number of carbonyl (C=O) groups excluding carboxylic acids is 1. The summed E-state index contributed by atoms with van der Waals surface area (Å²) in [5.74, 6) is 1.15. The Morgan fingerprint density at radius 1 is 1.11 bits per heavy atom. The van der Waals surface area contributed by atoms with Crippen LogP contribution in [0.15, 0.2) is 60.9 Å². The van der Waals surface area contributed by atoms with Gasteiger partial charge < -0.3 is 20.3 Å². The number of primary amides is 1. The lowest BCUT2D eigenvalue weighted by atomic mass is 9.87. The Bertz CT molecular complexity index is 1180. The Hall–Kier alpha value is -3.45. The van der Waals surface area contributed by atoms with Gasteiger partial charge in [0.15, 0.2) is 0 Å². The summed E-state index contributed by atoms with van der Waals surface area (Å²) >= 11 is 0. The summed E-state index contributed by atoms with van der Waals surface area (Å²) in [6, 6.07) is 16.3. The van der Waals surface area contributed by atoms with Gasteiger partial charge in [0.05, 0.1) is 12.2 Å². The lowest BCUT2D eigenvalue weighted by molar-refractivity contribution is 0.0364. The second-order valence-corrected chi connectivity index (χ2v) is 10.8. The minimum atomic E-state index is -0.510. The number of likely N-dealkylation sites (tertiary alicyclic amines) is 1. The molecule has 1 amide bonds. The Kier molecular flexibility index (Phi) is 7.59. The number of pyridine rings is 2. The smallest absolute Gasteiger partial charge is 0.252 e. The van der Waals surface area contributed by atoms with Crippen molar-refractivity contribution in [3.63, 3.8) is 0 Å². The zero-order chi connectivity index (χ0) is 25.9. The van der Waals surface area contributed by atoms with E-state index in [-0.39, 0.29) is 5.41 Å². The number of anilines is 2. The van der Waals surface area contributed by atoms with Crippen LogP contribution in [0.2, 0.25) is 0 Å². The van der Waals surface area contributed by atoms with Gasteiger partial charge in [-0.3, -0.25) is 4.79 Å². The third kappa shape index (κ3) is 6.02. The molecule has 0 spiro atoms. The SMILES string of the molecule is CC(C)N1CC(COc2cc(CN(c3ccc(C(C)(C)C)cc3)c3ncccc3C(N)=O)ccn2)C1. The molecule has 36 heavy (non-hydrogen) atoms. The van der Waals surface area contributed by atoms with Crippen LogP contribution in [0, 0.1) is 5.92 Å². The Morgan fingerprint density at radius 3 is 2.47 bits per heavy atom. The van der Waals surface area contributed by atoms with Crippen molar-refractivity contribution >= 4 is 17.4 Å². The van der Waals surface area contributed by atoms with Crippen molar-refractivity contribution in [3.8, 4) is 5.88 Å². The summed E-state index contributed by atoms with van der Waals surface area (Å²) in [6.07, 6.45) is 3.44. The summed E-state index contributed by atoms with van der Waals surface area (Å²) in [4.78, 5) is 25.6. The molecule has 2 N–H and O–H groups in total. The quantitative estimate of drug-likeness (QED) is 0.461. The number of carbonyl (C=O) groups is 1. The summed E-state index contributed by atoms with van der Waals surface area (Å²) in [5, 5.41) is 0. The highest BCUT2D eigenvalue weighted by Gasteiger charge is 2.29. The van der Waals surface area contributed by atoms with E-state index in [0.717, 1.165) is 24.3 Å². The summed E-state index contributed by atoms with van der Waals surface area (Å²) in [5.41, 5.74) is 9.27. The maximum absolute atomic E-state index is 12.2. The lowest BCUT2D eigenvalue weighted by Gasteiger charge is -2.41. The van der Waals surface area contributed by atoms with E-state index in [1.54, 1.807) is 24.5 Å². The number of amides is 1. The van der Waals surface area contributed by atoms with Crippen LogP contribution in [0.3, 0.4) is 0 Å². The van der Waals surface area contributed by atoms with E-state index in [2.05, 4.69) is 73.8 Å². The Labute approximate surface area is 214 Å². The van der Waals surface area contributed by atoms with Crippen LogP contribution in [-0.2, 0) is 12.0 Å². The summed E-state index contributed by atoms with van der Waals surface area (Å²) in [6.45, 7) is 14.3. The molecule has 4 rings (SSSR count). The largest absolute Gasteiger partial charge is 0.477 e. The van der Waals surface area contributed by atoms with Gasteiger partial charge in [-0.05, 0) is 60.7 Å². The minimum absolute atomic E-state index is 0.0384. The first-order chi connectivity index (χ1) is 17.1. The molecule has 7 heteroatoms. The topological polar surface area (TPSA) is 84.6 Å². The molecular weight excluding hydrogens is 450 g/mol.